The Labute approximate surface area is 207 Å². The summed E-state index contributed by atoms with van der Waals surface area (Å²) in [4.78, 5) is 15.5. The lowest BCUT2D eigenvalue weighted by Gasteiger charge is -2.24. The molecule has 0 aliphatic heterocycles. The van der Waals surface area contributed by atoms with Gasteiger partial charge in [-0.3, -0.25) is 4.79 Å². The zero-order valence-electron chi connectivity index (χ0n) is 20.4. The molecule has 0 saturated carbocycles. The first-order valence-electron chi connectivity index (χ1n) is 12.4. The molecule has 1 amide bonds. The van der Waals surface area contributed by atoms with Crippen LogP contribution in [0.2, 0.25) is 0 Å². The van der Waals surface area contributed by atoms with E-state index < -0.39 is 0 Å². The van der Waals surface area contributed by atoms with Crippen molar-refractivity contribution < 1.29 is 9.18 Å². The standard InChI is InChI=1S/C31H33FN2O/c1-2-3-5-10-25-16-18-28(19-17-25)31(35)34(22-26-11-6-4-7-12-26)24-30-15-9-20-33(30)23-27-13-8-14-29(32)21-27/h4,6-9,11-21H,2-3,5,10,22-24H2,1H3. The largest absolute Gasteiger partial charge is 0.345 e. The van der Waals surface area contributed by atoms with E-state index in [-0.39, 0.29) is 11.7 Å². The van der Waals surface area contributed by atoms with E-state index in [1.165, 1.54) is 30.9 Å². The molecule has 0 unspecified atom stereocenters. The number of nitrogens with zero attached hydrogens (tertiary/aromatic N) is 2. The van der Waals surface area contributed by atoms with Crippen LogP contribution in [0.15, 0.2) is 97.2 Å². The minimum atomic E-state index is -0.241. The maximum Gasteiger partial charge on any atom is 0.254 e. The molecular formula is C31H33FN2O. The summed E-state index contributed by atoms with van der Waals surface area (Å²) in [6.07, 6.45) is 6.62. The molecule has 0 spiro atoms. The average Bonchev–Trinajstić information content (AvgIpc) is 3.31. The van der Waals surface area contributed by atoms with Crippen molar-refractivity contribution in [2.75, 3.05) is 0 Å². The third-order valence-corrected chi connectivity index (χ3v) is 6.29. The summed E-state index contributed by atoms with van der Waals surface area (Å²) in [5, 5.41) is 0. The van der Waals surface area contributed by atoms with Gasteiger partial charge < -0.3 is 9.47 Å². The highest BCUT2D eigenvalue weighted by Gasteiger charge is 2.18. The van der Waals surface area contributed by atoms with Crippen LogP contribution >= 0.6 is 0 Å². The predicted octanol–water partition coefficient (Wildman–Crippen LogP) is 7.25. The zero-order valence-corrected chi connectivity index (χ0v) is 20.4. The molecule has 3 aromatic carbocycles. The second-order valence-electron chi connectivity index (χ2n) is 9.06. The molecule has 0 fully saturated rings. The number of unbranched alkanes of at least 4 members (excludes halogenated alkanes) is 2. The summed E-state index contributed by atoms with van der Waals surface area (Å²) >= 11 is 0. The molecule has 0 bridgehead atoms. The van der Waals surface area contributed by atoms with Gasteiger partial charge in [-0.05, 0) is 65.9 Å². The fourth-order valence-electron chi connectivity index (χ4n) is 4.35. The maximum absolute atomic E-state index is 13.7. The van der Waals surface area contributed by atoms with Gasteiger partial charge >= 0.3 is 0 Å². The summed E-state index contributed by atoms with van der Waals surface area (Å²) in [5.74, 6) is -0.234. The quantitative estimate of drug-likeness (QED) is 0.213. The number of carbonyl (C=O) groups excluding carboxylic acids is 1. The minimum absolute atomic E-state index is 0.00691. The number of carbonyl (C=O) groups is 1. The third kappa shape index (κ3) is 6.92. The number of aryl methyl sites for hydroxylation is 1. The van der Waals surface area contributed by atoms with Crippen molar-refractivity contribution in [1.82, 2.24) is 9.47 Å². The van der Waals surface area contributed by atoms with Crippen LogP contribution in [0.5, 0.6) is 0 Å². The van der Waals surface area contributed by atoms with E-state index in [1.54, 1.807) is 12.1 Å². The normalized spacial score (nSPS) is 10.9. The highest BCUT2D eigenvalue weighted by Crippen LogP contribution is 2.18. The van der Waals surface area contributed by atoms with Gasteiger partial charge in [0.2, 0.25) is 0 Å². The molecule has 0 aliphatic carbocycles. The van der Waals surface area contributed by atoms with Crippen LogP contribution in [0, 0.1) is 5.82 Å². The second kappa shape index (κ2) is 12.2. The Balaban J connectivity index is 1.54. The van der Waals surface area contributed by atoms with E-state index in [1.807, 2.05) is 71.8 Å². The highest BCUT2D eigenvalue weighted by atomic mass is 19.1. The van der Waals surface area contributed by atoms with Crippen molar-refractivity contribution >= 4 is 5.91 Å². The van der Waals surface area contributed by atoms with Gasteiger partial charge in [0.25, 0.3) is 5.91 Å². The van der Waals surface area contributed by atoms with Crippen LogP contribution in [-0.4, -0.2) is 15.4 Å². The van der Waals surface area contributed by atoms with Gasteiger partial charge in [-0.2, -0.15) is 0 Å². The number of halogens is 1. The summed E-state index contributed by atoms with van der Waals surface area (Å²) < 4.78 is 15.8. The maximum atomic E-state index is 13.7. The number of amides is 1. The molecule has 0 aliphatic rings. The molecule has 1 heterocycles. The highest BCUT2D eigenvalue weighted by molar-refractivity contribution is 5.94. The van der Waals surface area contributed by atoms with Crippen molar-refractivity contribution in [2.45, 2.75) is 52.2 Å². The Morgan fingerprint density at radius 1 is 0.800 bits per heavy atom. The molecule has 180 valence electrons. The fraction of sp³-hybridized carbons (Fsp3) is 0.258. The van der Waals surface area contributed by atoms with Crippen LogP contribution in [0.3, 0.4) is 0 Å². The summed E-state index contributed by atoms with van der Waals surface area (Å²) in [6, 6.07) is 28.8. The molecule has 3 nitrogen and oxygen atoms in total. The van der Waals surface area contributed by atoms with E-state index in [4.69, 9.17) is 0 Å². The van der Waals surface area contributed by atoms with E-state index in [0.717, 1.165) is 23.2 Å². The van der Waals surface area contributed by atoms with E-state index in [9.17, 15) is 9.18 Å². The topological polar surface area (TPSA) is 25.2 Å². The number of hydrogen-bond acceptors (Lipinski definition) is 1. The Kier molecular flexibility index (Phi) is 8.50. The van der Waals surface area contributed by atoms with Crippen molar-refractivity contribution in [3.8, 4) is 0 Å². The van der Waals surface area contributed by atoms with Gasteiger partial charge in [0.05, 0.1) is 6.54 Å². The van der Waals surface area contributed by atoms with E-state index >= 15 is 0 Å². The molecule has 1 aromatic heterocycles. The molecule has 0 N–H and O–H groups in total. The van der Waals surface area contributed by atoms with Gasteiger partial charge in [-0.1, -0.05) is 74.4 Å². The zero-order chi connectivity index (χ0) is 24.5. The first-order valence-corrected chi connectivity index (χ1v) is 12.4. The molecule has 0 radical (unpaired) electrons. The van der Waals surface area contributed by atoms with Gasteiger partial charge in [-0.25, -0.2) is 4.39 Å². The Bertz CT molecular complexity index is 1210. The molecule has 0 atom stereocenters. The van der Waals surface area contributed by atoms with Gasteiger partial charge in [0.1, 0.15) is 5.82 Å². The van der Waals surface area contributed by atoms with Crippen LogP contribution in [-0.2, 0) is 26.1 Å². The molecular weight excluding hydrogens is 435 g/mol. The van der Waals surface area contributed by atoms with Crippen molar-refractivity contribution in [3.63, 3.8) is 0 Å². The first-order chi connectivity index (χ1) is 17.1. The van der Waals surface area contributed by atoms with Crippen molar-refractivity contribution in [2.24, 2.45) is 0 Å². The summed E-state index contributed by atoms with van der Waals surface area (Å²) in [5.41, 5.74) is 4.95. The van der Waals surface area contributed by atoms with Crippen LogP contribution < -0.4 is 0 Å². The summed E-state index contributed by atoms with van der Waals surface area (Å²) in [6.45, 7) is 3.74. The molecule has 0 saturated heterocycles. The lowest BCUT2D eigenvalue weighted by atomic mass is 10.0. The van der Waals surface area contributed by atoms with Crippen molar-refractivity contribution in [1.29, 1.82) is 0 Å². The summed E-state index contributed by atoms with van der Waals surface area (Å²) in [7, 11) is 0. The Hall–Kier alpha value is -3.66. The monoisotopic (exact) mass is 468 g/mol. The predicted molar refractivity (Wildman–Crippen MR) is 140 cm³/mol. The molecule has 4 aromatic rings. The lowest BCUT2D eigenvalue weighted by molar-refractivity contribution is 0.0726. The number of aromatic nitrogens is 1. The van der Waals surface area contributed by atoms with Crippen LogP contribution in [0.1, 0.15) is 58.9 Å². The van der Waals surface area contributed by atoms with Gasteiger partial charge in [0, 0.05) is 30.5 Å². The van der Waals surface area contributed by atoms with Crippen LogP contribution in [0.4, 0.5) is 4.39 Å². The SMILES string of the molecule is CCCCCc1ccc(C(=O)N(Cc2ccccc2)Cc2cccn2Cc2cccc(F)c2)cc1. The Morgan fingerprint density at radius 2 is 1.57 bits per heavy atom. The number of hydrogen-bond donors (Lipinski definition) is 0. The fourth-order valence-corrected chi connectivity index (χ4v) is 4.35. The van der Waals surface area contributed by atoms with Crippen LogP contribution in [0.25, 0.3) is 0 Å². The van der Waals surface area contributed by atoms with Crippen molar-refractivity contribution in [3.05, 3.63) is 131 Å². The molecule has 4 heteroatoms. The minimum Gasteiger partial charge on any atom is -0.345 e. The third-order valence-electron chi connectivity index (χ3n) is 6.29. The average molecular weight is 469 g/mol. The van der Waals surface area contributed by atoms with Gasteiger partial charge in [0.15, 0.2) is 0 Å². The Morgan fingerprint density at radius 3 is 2.31 bits per heavy atom. The van der Waals surface area contributed by atoms with E-state index in [2.05, 4.69) is 23.6 Å². The molecule has 4 rings (SSSR count). The first kappa shape index (κ1) is 24.5. The lowest BCUT2D eigenvalue weighted by Crippen LogP contribution is -2.31. The molecule has 35 heavy (non-hydrogen) atoms. The smallest absolute Gasteiger partial charge is 0.254 e. The van der Waals surface area contributed by atoms with Gasteiger partial charge in [-0.15, -0.1) is 0 Å². The second-order valence-corrected chi connectivity index (χ2v) is 9.06. The number of benzene rings is 3. The number of rotatable bonds is 11. The van der Waals surface area contributed by atoms with E-state index in [0.29, 0.717) is 25.2 Å².